The number of likely N-dealkylation sites (tertiary alicyclic amines) is 1. The first-order valence-corrected chi connectivity index (χ1v) is 6.39. The van der Waals surface area contributed by atoms with Crippen LogP contribution in [-0.2, 0) is 19.2 Å². The molecule has 1 fully saturated rings. The molecule has 7 heteroatoms. The van der Waals surface area contributed by atoms with Crippen LogP contribution in [0, 0.1) is 0 Å². The molecule has 4 amide bonds. The SMILES string of the molecule is NC(=O)CNC(=O)CCCCCN1C(=O)CCC1=O. The largest absolute Gasteiger partial charge is 0.368 e. The Morgan fingerprint density at radius 2 is 1.74 bits per heavy atom. The monoisotopic (exact) mass is 269 g/mol. The van der Waals surface area contributed by atoms with Crippen LogP contribution < -0.4 is 11.1 Å². The van der Waals surface area contributed by atoms with Gasteiger partial charge in [-0.1, -0.05) is 6.42 Å². The second kappa shape index (κ2) is 7.50. The van der Waals surface area contributed by atoms with Crippen molar-refractivity contribution < 1.29 is 19.2 Å². The van der Waals surface area contributed by atoms with Gasteiger partial charge in [-0.2, -0.15) is 0 Å². The third-order valence-electron chi connectivity index (χ3n) is 2.90. The third kappa shape index (κ3) is 5.50. The number of nitrogens with two attached hydrogens (primary N) is 1. The Morgan fingerprint density at radius 1 is 1.11 bits per heavy atom. The Morgan fingerprint density at radius 3 is 2.32 bits per heavy atom. The number of hydrogen-bond acceptors (Lipinski definition) is 4. The predicted molar refractivity (Wildman–Crippen MR) is 66.6 cm³/mol. The average molecular weight is 269 g/mol. The Labute approximate surface area is 111 Å². The molecule has 1 heterocycles. The molecule has 0 aromatic carbocycles. The minimum atomic E-state index is -0.570. The maximum Gasteiger partial charge on any atom is 0.236 e. The highest BCUT2D eigenvalue weighted by molar-refractivity contribution is 6.01. The topological polar surface area (TPSA) is 110 Å². The summed E-state index contributed by atoms with van der Waals surface area (Å²) < 4.78 is 0. The van der Waals surface area contributed by atoms with Gasteiger partial charge in [-0.3, -0.25) is 24.1 Å². The van der Waals surface area contributed by atoms with E-state index in [0.717, 1.165) is 6.42 Å². The molecular weight excluding hydrogens is 250 g/mol. The highest BCUT2D eigenvalue weighted by Gasteiger charge is 2.27. The lowest BCUT2D eigenvalue weighted by Gasteiger charge is -2.12. The van der Waals surface area contributed by atoms with Gasteiger partial charge in [-0.15, -0.1) is 0 Å². The van der Waals surface area contributed by atoms with Gasteiger partial charge in [0.15, 0.2) is 0 Å². The molecule has 0 unspecified atom stereocenters. The van der Waals surface area contributed by atoms with E-state index in [4.69, 9.17) is 5.73 Å². The molecule has 1 saturated heterocycles. The van der Waals surface area contributed by atoms with Crippen LogP contribution in [-0.4, -0.2) is 41.6 Å². The van der Waals surface area contributed by atoms with Gasteiger partial charge in [0.2, 0.25) is 23.6 Å². The first-order valence-electron chi connectivity index (χ1n) is 6.39. The molecule has 0 spiro atoms. The molecule has 0 aliphatic carbocycles. The van der Waals surface area contributed by atoms with Gasteiger partial charge in [-0.05, 0) is 12.8 Å². The second-order valence-corrected chi connectivity index (χ2v) is 4.49. The minimum Gasteiger partial charge on any atom is -0.368 e. The van der Waals surface area contributed by atoms with Crippen LogP contribution in [0.1, 0.15) is 38.5 Å². The molecule has 19 heavy (non-hydrogen) atoms. The van der Waals surface area contributed by atoms with E-state index in [0.29, 0.717) is 38.6 Å². The van der Waals surface area contributed by atoms with E-state index in [1.165, 1.54) is 4.90 Å². The van der Waals surface area contributed by atoms with E-state index in [-0.39, 0.29) is 24.3 Å². The predicted octanol–water partition coefficient (Wildman–Crippen LogP) is -0.703. The summed E-state index contributed by atoms with van der Waals surface area (Å²) in [6.45, 7) is 0.288. The highest BCUT2D eigenvalue weighted by atomic mass is 16.2. The van der Waals surface area contributed by atoms with Crippen molar-refractivity contribution in [3.8, 4) is 0 Å². The van der Waals surface area contributed by atoms with Gasteiger partial charge in [0, 0.05) is 25.8 Å². The number of carbonyl (C=O) groups is 4. The van der Waals surface area contributed by atoms with Crippen LogP contribution in [0.15, 0.2) is 0 Å². The Kier molecular flexibility index (Phi) is 5.98. The fourth-order valence-corrected chi connectivity index (χ4v) is 1.88. The molecule has 0 saturated carbocycles. The Balaban J connectivity index is 2.05. The van der Waals surface area contributed by atoms with Crippen LogP contribution >= 0.6 is 0 Å². The number of unbranched alkanes of at least 4 members (excludes halogenated alkanes) is 2. The van der Waals surface area contributed by atoms with Gasteiger partial charge in [0.25, 0.3) is 0 Å². The molecule has 0 bridgehead atoms. The smallest absolute Gasteiger partial charge is 0.236 e. The van der Waals surface area contributed by atoms with Crippen molar-refractivity contribution >= 4 is 23.6 Å². The summed E-state index contributed by atoms with van der Waals surface area (Å²) in [4.78, 5) is 45.6. The van der Waals surface area contributed by atoms with Crippen LogP contribution in [0.4, 0.5) is 0 Å². The van der Waals surface area contributed by atoms with E-state index in [1.54, 1.807) is 0 Å². The highest BCUT2D eigenvalue weighted by Crippen LogP contribution is 2.13. The van der Waals surface area contributed by atoms with Gasteiger partial charge < -0.3 is 11.1 Å². The summed E-state index contributed by atoms with van der Waals surface area (Å²) in [7, 11) is 0. The number of rotatable bonds is 8. The molecule has 0 atom stereocenters. The number of nitrogens with one attached hydrogen (secondary N) is 1. The zero-order valence-electron chi connectivity index (χ0n) is 10.8. The summed E-state index contributed by atoms with van der Waals surface area (Å²) in [5.41, 5.74) is 4.89. The molecule has 0 aromatic heterocycles. The van der Waals surface area contributed by atoms with Crippen LogP contribution in [0.2, 0.25) is 0 Å². The minimum absolute atomic E-state index is 0.107. The molecule has 0 aromatic rings. The number of carbonyl (C=O) groups excluding carboxylic acids is 4. The molecule has 1 aliphatic heterocycles. The molecule has 0 radical (unpaired) electrons. The van der Waals surface area contributed by atoms with Crippen molar-refractivity contribution in [3.05, 3.63) is 0 Å². The first kappa shape index (κ1) is 15.1. The van der Waals surface area contributed by atoms with Gasteiger partial charge in [-0.25, -0.2) is 0 Å². The van der Waals surface area contributed by atoms with Crippen LogP contribution in [0.25, 0.3) is 0 Å². The Bertz CT molecular complexity index is 365. The molecule has 3 N–H and O–H groups in total. The summed E-state index contributed by atoms with van der Waals surface area (Å²) in [6, 6.07) is 0. The quantitative estimate of drug-likeness (QED) is 0.448. The fraction of sp³-hybridized carbons (Fsp3) is 0.667. The maximum atomic E-state index is 11.3. The zero-order valence-corrected chi connectivity index (χ0v) is 10.8. The van der Waals surface area contributed by atoms with Crippen LogP contribution in [0.3, 0.4) is 0 Å². The summed E-state index contributed by atoms with van der Waals surface area (Å²) in [5, 5.41) is 2.40. The van der Waals surface area contributed by atoms with E-state index in [1.807, 2.05) is 0 Å². The lowest BCUT2D eigenvalue weighted by atomic mass is 10.2. The van der Waals surface area contributed by atoms with E-state index in [9.17, 15) is 19.2 Å². The van der Waals surface area contributed by atoms with Crippen LogP contribution in [0.5, 0.6) is 0 Å². The summed E-state index contributed by atoms with van der Waals surface area (Å²) in [6.07, 6.45) is 3.04. The number of hydrogen-bond donors (Lipinski definition) is 2. The van der Waals surface area contributed by atoms with Gasteiger partial charge >= 0.3 is 0 Å². The number of nitrogens with zero attached hydrogens (tertiary/aromatic N) is 1. The van der Waals surface area contributed by atoms with Crippen molar-refractivity contribution in [2.75, 3.05) is 13.1 Å². The van der Waals surface area contributed by atoms with Crippen molar-refractivity contribution in [2.24, 2.45) is 5.73 Å². The normalized spacial score (nSPS) is 14.8. The van der Waals surface area contributed by atoms with E-state index in [2.05, 4.69) is 5.32 Å². The molecule has 1 aliphatic rings. The number of imide groups is 1. The van der Waals surface area contributed by atoms with E-state index >= 15 is 0 Å². The number of amides is 4. The van der Waals surface area contributed by atoms with E-state index < -0.39 is 5.91 Å². The second-order valence-electron chi connectivity index (χ2n) is 4.49. The fourth-order valence-electron chi connectivity index (χ4n) is 1.88. The molecule has 1 rings (SSSR count). The first-order chi connectivity index (χ1) is 9.00. The zero-order chi connectivity index (χ0) is 14.3. The van der Waals surface area contributed by atoms with Crippen molar-refractivity contribution in [1.29, 1.82) is 0 Å². The van der Waals surface area contributed by atoms with Gasteiger partial charge in [0.1, 0.15) is 0 Å². The number of primary amides is 1. The molecule has 106 valence electrons. The molecule has 7 nitrogen and oxygen atoms in total. The molecular formula is C12H19N3O4. The summed E-state index contributed by atoms with van der Waals surface area (Å²) in [5.74, 6) is -1.00. The Hall–Kier alpha value is -1.92. The standard InChI is InChI=1S/C12H19N3O4/c13-9(16)8-14-10(17)4-2-1-3-7-15-11(18)5-6-12(15)19/h1-8H2,(H2,13,16)(H,14,17). The maximum absolute atomic E-state index is 11.3. The van der Waals surface area contributed by atoms with Crippen molar-refractivity contribution in [3.63, 3.8) is 0 Å². The third-order valence-corrected chi connectivity index (χ3v) is 2.90. The lowest BCUT2D eigenvalue weighted by Crippen LogP contribution is -2.33. The summed E-state index contributed by atoms with van der Waals surface area (Å²) >= 11 is 0. The van der Waals surface area contributed by atoms with Crippen molar-refractivity contribution in [2.45, 2.75) is 38.5 Å². The van der Waals surface area contributed by atoms with Gasteiger partial charge in [0.05, 0.1) is 6.54 Å². The average Bonchev–Trinajstić information content (AvgIpc) is 2.67. The van der Waals surface area contributed by atoms with Crippen molar-refractivity contribution in [1.82, 2.24) is 10.2 Å². The lowest BCUT2D eigenvalue weighted by molar-refractivity contribution is -0.138.